The molecule has 0 saturated carbocycles. The van der Waals surface area contributed by atoms with Crippen LogP contribution in [0.15, 0.2) is 48.5 Å². The van der Waals surface area contributed by atoms with Gasteiger partial charge >= 0.3 is 0 Å². The van der Waals surface area contributed by atoms with Gasteiger partial charge in [-0.15, -0.1) is 0 Å². The molecule has 0 radical (unpaired) electrons. The molecule has 0 bridgehead atoms. The molecule has 2 aromatic carbocycles. The van der Waals surface area contributed by atoms with E-state index in [0.717, 1.165) is 67.7 Å². The molecule has 2 aliphatic rings. The van der Waals surface area contributed by atoms with E-state index in [1.165, 1.54) is 0 Å². The maximum absolute atomic E-state index is 13.5. The Hall–Kier alpha value is -2.70. The van der Waals surface area contributed by atoms with Gasteiger partial charge in [-0.1, -0.05) is 24.3 Å². The van der Waals surface area contributed by atoms with Gasteiger partial charge in [0.25, 0.3) is 0 Å². The minimum absolute atomic E-state index is 0.0572. The fourth-order valence-corrected chi connectivity index (χ4v) is 4.48. The highest BCUT2D eigenvalue weighted by Crippen LogP contribution is 2.33. The number of nitrogens with two attached hydrogens (primary N) is 1. The summed E-state index contributed by atoms with van der Waals surface area (Å²) in [5, 5.41) is 6.58. The van der Waals surface area contributed by atoms with Crippen molar-refractivity contribution in [2.24, 2.45) is 5.73 Å². The summed E-state index contributed by atoms with van der Waals surface area (Å²) in [6.45, 7) is 2.01. The number of nitrogens with one attached hydrogen (secondary N) is 2. The summed E-state index contributed by atoms with van der Waals surface area (Å²) < 4.78 is 0. The molecule has 2 fully saturated rings. The van der Waals surface area contributed by atoms with E-state index in [4.69, 9.17) is 5.73 Å². The van der Waals surface area contributed by atoms with Crippen LogP contribution in [-0.2, 0) is 21.7 Å². The highest BCUT2D eigenvalue weighted by Gasteiger charge is 2.41. The van der Waals surface area contributed by atoms with E-state index < -0.39 is 5.54 Å². The highest BCUT2D eigenvalue weighted by atomic mass is 16.2. The molecular weight excluding hydrogens is 376 g/mol. The second kappa shape index (κ2) is 8.98. The maximum Gasteiger partial charge on any atom is 0.249 e. The van der Waals surface area contributed by atoms with E-state index in [-0.39, 0.29) is 11.8 Å². The summed E-state index contributed by atoms with van der Waals surface area (Å²) in [6, 6.07) is 15.6. The quantitative estimate of drug-likeness (QED) is 0.711. The van der Waals surface area contributed by atoms with Crippen molar-refractivity contribution in [3.63, 3.8) is 0 Å². The molecule has 0 aromatic heterocycles. The van der Waals surface area contributed by atoms with E-state index >= 15 is 0 Å². The van der Waals surface area contributed by atoms with Crippen molar-refractivity contribution < 1.29 is 9.59 Å². The zero-order valence-electron chi connectivity index (χ0n) is 17.3. The molecule has 4 N–H and O–H groups in total. The highest BCUT2D eigenvalue weighted by molar-refractivity contribution is 5.99. The lowest BCUT2D eigenvalue weighted by molar-refractivity contribution is -0.124. The summed E-state index contributed by atoms with van der Waals surface area (Å²) in [6.07, 6.45) is 5.39. The molecule has 1 atom stereocenters. The Morgan fingerprint density at radius 3 is 2.63 bits per heavy atom. The first-order valence-electron chi connectivity index (χ1n) is 10.9. The molecule has 0 aliphatic carbocycles. The first-order valence-corrected chi connectivity index (χ1v) is 10.9. The van der Waals surface area contributed by atoms with Gasteiger partial charge in [0, 0.05) is 30.9 Å². The average molecular weight is 407 g/mol. The van der Waals surface area contributed by atoms with Crippen molar-refractivity contribution in [3.05, 3.63) is 59.7 Å². The molecule has 0 spiro atoms. The van der Waals surface area contributed by atoms with Gasteiger partial charge in [-0.3, -0.25) is 14.9 Å². The number of carbonyl (C=O) groups excluding carboxylic acids is 2. The van der Waals surface area contributed by atoms with Crippen LogP contribution in [0.1, 0.15) is 49.7 Å². The third-order valence-corrected chi connectivity index (χ3v) is 6.21. The van der Waals surface area contributed by atoms with Crippen LogP contribution in [-0.4, -0.2) is 24.9 Å². The largest absolute Gasteiger partial charge is 0.326 e. The Kier molecular flexibility index (Phi) is 6.16. The van der Waals surface area contributed by atoms with Gasteiger partial charge in [-0.25, -0.2) is 0 Å². The first-order chi connectivity index (χ1) is 14.6. The third kappa shape index (κ3) is 4.11. The Morgan fingerprint density at radius 1 is 1.10 bits per heavy atom. The van der Waals surface area contributed by atoms with Crippen LogP contribution in [0, 0.1) is 0 Å². The average Bonchev–Trinajstić information content (AvgIpc) is 2.80. The van der Waals surface area contributed by atoms with Crippen molar-refractivity contribution in [1.82, 2.24) is 5.32 Å². The van der Waals surface area contributed by atoms with Gasteiger partial charge in [0.15, 0.2) is 0 Å². The van der Waals surface area contributed by atoms with Crippen LogP contribution in [0.25, 0.3) is 0 Å². The lowest BCUT2D eigenvalue weighted by Crippen LogP contribution is -2.54. The van der Waals surface area contributed by atoms with Crippen LogP contribution in [0.2, 0.25) is 0 Å². The van der Waals surface area contributed by atoms with Gasteiger partial charge in [0.05, 0.1) is 0 Å². The third-order valence-electron chi connectivity index (χ3n) is 6.21. The fourth-order valence-electron chi connectivity index (χ4n) is 4.48. The van der Waals surface area contributed by atoms with Crippen molar-refractivity contribution in [3.8, 4) is 0 Å². The van der Waals surface area contributed by atoms with Crippen LogP contribution in [0.4, 0.5) is 11.4 Å². The minimum atomic E-state index is -0.759. The smallest absolute Gasteiger partial charge is 0.249 e. The lowest BCUT2D eigenvalue weighted by atomic mass is 9.80. The SMILES string of the molecule is NCc1cccc(C2(C(=O)Nc3ccc(N4CCCCC4=O)cc3)CCCCN2)c1. The number of hydrogen-bond donors (Lipinski definition) is 3. The molecule has 158 valence electrons. The van der Waals surface area contributed by atoms with Crippen molar-refractivity contribution >= 4 is 23.2 Å². The topological polar surface area (TPSA) is 87.5 Å². The van der Waals surface area contributed by atoms with E-state index in [0.29, 0.717) is 13.0 Å². The van der Waals surface area contributed by atoms with Gasteiger partial charge in [-0.05, 0) is 74.0 Å². The Labute approximate surface area is 177 Å². The van der Waals surface area contributed by atoms with Gasteiger partial charge in [-0.2, -0.15) is 0 Å². The van der Waals surface area contributed by atoms with Crippen molar-refractivity contribution in [2.45, 2.75) is 50.6 Å². The number of carbonyl (C=O) groups is 2. The summed E-state index contributed by atoms with van der Waals surface area (Å²) in [5.74, 6) is 0.112. The van der Waals surface area contributed by atoms with Crippen molar-refractivity contribution in [2.75, 3.05) is 23.3 Å². The Balaban J connectivity index is 1.55. The van der Waals surface area contributed by atoms with Crippen molar-refractivity contribution in [1.29, 1.82) is 0 Å². The zero-order valence-corrected chi connectivity index (χ0v) is 17.3. The van der Waals surface area contributed by atoms with Crippen LogP contribution in [0.3, 0.4) is 0 Å². The monoisotopic (exact) mass is 406 g/mol. The summed E-state index contributed by atoms with van der Waals surface area (Å²) in [4.78, 5) is 27.4. The number of hydrogen-bond acceptors (Lipinski definition) is 4. The molecule has 6 heteroatoms. The molecule has 2 aliphatic heterocycles. The second-order valence-electron chi connectivity index (χ2n) is 8.20. The molecule has 2 saturated heterocycles. The Bertz CT molecular complexity index is 904. The summed E-state index contributed by atoms with van der Waals surface area (Å²) in [7, 11) is 0. The zero-order chi connectivity index (χ0) is 21.0. The number of benzene rings is 2. The summed E-state index contributed by atoms with van der Waals surface area (Å²) in [5.41, 5.74) is 8.66. The molecule has 1 unspecified atom stereocenters. The molecule has 4 rings (SSSR count). The second-order valence-corrected chi connectivity index (χ2v) is 8.20. The van der Waals surface area contributed by atoms with Crippen LogP contribution >= 0.6 is 0 Å². The van der Waals surface area contributed by atoms with E-state index in [9.17, 15) is 9.59 Å². The van der Waals surface area contributed by atoms with Gasteiger partial charge in [0.2, 0.25) is 11.8 Å². The van der Waals surface area contributed by atoms with Gasteiger partial charge < -0.3 is 16.0 Å². The molecule has 2 heterocycles. The number of nitrogens with zero attached hydrogens (tertiary/aromatic N) is 1. The van der Waals surface area contributed by atoms with E-state index in [1.54, 1.807) is 0 Å². The van der Waals surface area contributed by atoms with E-state index in [1.807, 2.05) is 53.4 Å². The predicted molar refractivity (Wildman–Crippen MR) is 119 cm³/mol. The molecular formula is C24H30N4O2. The summed E-state index contributed by atoms with van der Waals surface area (Å²) >= 11 is 0. The van der Waals surface area contributed by atoms with E-state index in [2.05, 4.69) is 10.6 Å². The standard InChI is InChI=1S/C24H30N4O2/c25-17-18-6-5-7-19(16-18)24(13-2-3-14-26-24)23(30)27-20-9-11-21(12-10-20)28-15-4-1-8-22(28)29/h5-7,9-12,16,26H,1-4,8,13-15,17,25H2,(H,27,30). The normalized spacial score (nSPS) is 22.0. The molecule has 2 aromatic rings. The Morgan fingerprint density at radius 2 is 1.93 bits per heavy atom. The number of anilines is 2. The predicted octanol–water partition coefficient (Wildman–Crippen LogP) is 3.27. The fraction of sp³-hybridized carbons (Fsp3) is 0.417. The molecule has 30 heavy (non-hydrogen) atoms. The van der Waals surface area contributed by atoms with Crippen LogP contribution in [0.5, 0.6) is 0 Å². The minimum Gasteiger partial charge on any atom is -0.326 e. The molecule has 2 amide bonds. The lowest BCUT2D eigenvalue weighted by Gasteiger charge is -2.37. The number of piperidine rings is 2. The van der Waals surface area contributed by atoms with Gasteiger partial charge in [0.1, 0.15) is 5.54 Å². The maximum atomic E-state index is 13.5. The molecule has 6 nitrogen and oxygen atoms in total. The number of rotatable bonds is 5. The van der Waals surface area contributed by atoms with Crippen LogP contribution < -0.4 is 21.3 Å². The first kappa shape index (κ1) is 20.6. The number of amides is 2.